The topological polar surface area (TPSA) is 91.0 Å². The van der Waals surface area contributed by atoms with Crippen LogP contribution in [-0.4, -0.2) is 55.5 Å². The molecule has 17 heavy (non-hydrogen) atoms. The predicted octanol–water partition coefficient (Wildman–Crippen LogP) is -0.853. The normalized spacial score (nSPS) is 21.8. The van der Waals surface area contributed by atoms with E-state index in [0.29, 0.717) is 17.8 Å². The van der Waals surface area contributed by atoms with Gasteiger partial charge in [-0.05, 0) is 6.92 Å². The van der Waals surface area contributed by atoms with Crippen molar-refractivity contribution in [2.24, 2.45) is 0 Å². The highest BCUT2D eigenvalue weighted by atomic mass is 32.2. The van der Waals surface area contributed by atoms with Crippen molar-refractivity contribution in [3.8, 4) is 0 Å². The van der Waals surface area contributed by atoms with Gasteiger partial charge in [-0.15, -0.1) is 5.10 Å². The van der Waals surface area contributed by atoms with Crippen molar-refractivity contribution in [1.82, 2.24) is 20.5 Å². The lowest BCUT2D eigenvalue weighted by Crippen LogP contribution is -2.49. The third-order valence-corrected chi connectivity index (χ3v) is 3.37. The fourth-order valence-corrected chi connectivity index (χ4v) is 2.48. The van der Waals surface area contributed by atoms with Gasteiger partial charge in [0.1, 0.15) is 11.6 Å². The van der Waals surface area contributed by atoms with Crippen molar-refractivity contribution in [3.05, 3.63) is 5.82 Å². The number of nitrogens with zero attached hydrogens (tertiary/aromatic N) is 3. The second kappa shape index (κ2) is 4.61. The van der Waals surface area contributed by atoms with Gasteiger partial charge in [0, 0.05) is 31.9 Å². The molecular formula is C9H17N5O2S. The zero-order valence-electron chi connectivity index (χ0n) is 9.97. The maximum absolute atomic E-state index is 11.1. The number of aromatic nitrogens is 3. The van der Waals surface area contributed by atoms with E-state index >= 15 is 0 Å². The Morgan fingerprint density at radius 2 is 2.29 bits per heavy atom. The van der Waals surface area contributed by atoms with E-state index in [0.717, 1.165) is 19.6 Å². The molecular weight excluding hydrogens is 242 g/mol. The van der Waals surface area contributed by atoms with Crippen molar-refractivity contribution in [2.45, 2.75) is 18.7 Å². The predicted molar refractivity (Wildman–Crippen MR) is 64.6 cm³/mol. The molecule has 0 amide bonds. The van der Waals surface area contributed by atoms with Gasteiger partial charge in [-0.2, -0.15) is 4.98 Å². The summed E-state index contributed by atoms with van der Waals surface area (Å²) in [7, 11) is -3.07. The van der Waals surface area contributed by atoms with Crippen molar-refractivity contribution < 1.29 is 8.42 Å². The summed E-state index contributed by atoms with van der Waals surface area (Å²) in [4.78, 5) is 6.25. The van der Waals surface area contributed by atoms with Crippen LogP contribution in [0.1, 0.15) is 12.7 Å². The molecule has 0 radical (unpaired) electrons. The molecule has 0 spiro atoms. The van der Waals surface area contributed by atoms with E-state index in [1.54, 1.807) is 0 Å². The van der Waals surface area contributed by atoms with Gasteiger partial charge < -0.3 is 10.2 Å². The molecule has 1 fully saturated rings. The molecule has 7 nitrogen and oxygen atoms in total. The zero-order valence-corrected chi connectivity index (χ0v) is 10.8. The van der Waals surface area contributed by atoms with Gasteiger partial charge in [0.05, 0.1) is 0 Å². The molecule has 0 aliphatic carbocycles. The number of aromatic amines is 1. The Labute approximate surface area is 101 Å². The minimum Gasteiger partial charge on any atom is -0.337 e. The summed E-state index contributed by atoms with van der Waals surface area (Å²) in [5.41, 5.74) is 0. The summed E-state index contributed by atoms with van der Waals surface area (Å²) in [5.74, 6) is 0.882. The van der Waals surface area contributed by atoms with E-state index < -0.39 is 9.84 Å². The fourth-order valence-electron chi connectivity index (χ4n) is 1.85. The zero-order chi connectivity index (χ0) is 12.5. The lowest BCUT2D eigenvalue weighted by Gasteiger charge is -2.30. The number of sulfone groups is 1. The largest absolute Gasteiger partial charge is 0.337 e. The Morgan fingerprint density at radius 3 is 2.94 bits per heavy atom. The Balaban J connectivity index is 2.07. The maximum Gasteiger partial charge on any atom is 0.244 e. The first-order chi connectivity index (χ1) is 7.94. The number of hydrogen-bond donors (Lipinski definition) is 2. The van der Waals surface area contributed by atoms with Crippen LogP contribution < -0.4 is 10.2 Å². The van der Waals surface area contributed by atoms with E-state index in [-0.39, 0.29) is 5.75 Å². The number of hydrogen-bond acceptors (Lipinski definition) is 6. The van der Waals surface area contributed by atoms with Crippen LogP contribution in [0.3, 0.4) is 0 Å². The highest BCUT2D eigenvalue weighted by molar-refractivity contribution is 7.89. The Bertz CT molecular complexity index is 483. The highest BCUT2D eigenvalue weighted by Gasteiger charge is 2.19. The second-order valence-corrected chi connectivity index (χ2v) is 6.59. The molecule has 1 aromatic rings. The summed E-state index contributed by atoms with van der Waals surface area (Å²) in [5, 5.41) is 10.1. The van der Waals surface area contributed by atoms with E-state index in [9.17, 15) is 8.42 Å². The molecule has 0 aromatic carbocycles. The Morgan fingerprint density at radius 1 is 1.53 bits per heavy atom. The minimum absolute atomic E-state index is 0.0956. The third-order valence-electron chi connectivity index (χ3n) is 2.57. The van der Waals surface area contributed by atoms with Gasteiger partial charge in [0.2, 0.25) is 5.95 Å². The van der Waals surface area contributed by atoms with E-state index in [2.05, 4.69) is 27.4 Å². The molecule has 1 aliphatic heterocycles. The van der Waals surface area contributed by atoms with E-state index in [1.165, 1.54) is 6.26 Å². The molecule has 1 saturated heterocycles. The summed E-state index contributed by atoms with van der Waals surface area (Å²) in [6.45, 7) is 4.64. The number of anilines is 1. The van der Waals surface area contributed by atoms with Crippen molar-refractivity contribution in [1.29, 1.82) is 0 Å². The third kappa shape index (κ3) is 3.40. The van der Waals surface area contributed by atoms with Crippen LogP contribution in [0.15, 0.2) is 0 Å². The fraction of sp³-hybridized carbons (Fsp3) is 0.778. The van der Waals surface area contributed by atoms with Crippen LogP contribution in [0, 0.1) is 0 Å². The first-order valence-electron chi connectivity index (χ1n) is 5.51. The monoisotopic (exact) mass is 259 g/mol. The van der Waals surface area contributed by atoms with Gasteiger partial charge in [-0.25, -0.2) is 8.42 Å². The molecule has 2 rings (SSSR count). The minimum atomic E-state index is -3.07. The first-order valence-corrected chi connectivity index (χ1v) is 7.57. The highest BCUT2D eigenvalue weighted by Crippen LogP contribution is 2.10. The van der Waals surface area contributed by atoms with Crippen LogP contribution in [0.25, 0.3) is 0 Å². The molecule has 0 bridgehead atoms. The average molecular weight is 259 g/mol. The summed E-state index contributed by atoms with van der Waals surface area (Å²) >= 11 is 0. The standard InChI is InChI=1S/C9H17N5O2S/c1-7-5-14(4-3-10-7)9-11-8(12-13-9)6-17(2,15)16/h7,10H,3-6H2,1-2H3,(H,11,12,13)/t7-/m1/s1. The van der Waals surface area contributed by atoms with Gasteiger partial charge in [-0.1, -0.05) is 0 Å². The summed E-state index contributed by atoms with van der Waals surface area (Å²) < 4.78 is 22.3. The maximum atomic E-state index is 11.1. The van der Waals surface area contributed by atoms with E-state index in [1.807, 2.05) is 4.90 Å². The number of piperazine rings is 1. The lowest BCUT2D eigenvalue weighted by molar-refractivity contribution is 0.480. The molecule has 8 heteroatoms. The van der Waals surface area contributed by atoms with Gasteiger partial charge in [-0.3, -0.25) is 5.10 Å². The molecule has 0 unspecified atom stereocenters. The van der Waals surface area contributed by atoms with Gasteiger partial charge in [0.15, 0.2) is 9.84 Å². The quantitative estimate of drug-likeness (QED) is 0.734. The van der Waals surface area contributed by atoms with Crippen LogP contribution in [0.4, 0.5) is 5.95 Å². The van der Waals surface area contributed by atoms with Crippen molar-refractivity contribution >= 4 is 15.8 Å². The van der Waals surface area contributed by atoms with Crippen molar-refractivity contribution in [3.63, 3.8) is 0 Å². The van der Waals surface area contributed by atoms with Gasteiger partial charge >= 0.3 is 0 Å². The summed E-state index contributed by atoms with van der Waals surface area (Å²) in [6.07, 6.45) is 1.18. The van der Waals surface area contributed by atoms with Crippen LogP contribution in [0.5, 0.6) is 0 Å². The SMILES string of the molecule is C[C@@H]1CN(c2n[nH]c(CS(C)(=O)=O)n2)CCN1. The smallest absolute Gasteiger partial charge is 0.244 e. The molecule has 0 saturated carbocycles. The molecule has 1 atom stereocenters. The molecule has 1 aliphatic rings. The van der Waals surface area contributed by atoms with Crippen molar-refractivity contribution in [2.75, 3.05) is 30.8 Å². The summed E-state index contributed by atoms with van der Waals surface area (Å²) in [6, 6.07) is 0.389. The number of nitrogens with one attached hydrogen (secondary N) is 2. The first kappa shape index (κ1) is 12.3. The van der Waals surface area contributed by atoms with Gasteiger partial charge in [0.25, 0.3) is 0 Å². The Kier molecular flexibility index (Phi) is 3.34. The molecule has 96 valence electrons. The average Bonchev–Trinajstić information content (AvgIpc) is 2.63. The number of H-pyrrole nitrogens is 1. The number of rotatable bonds is 3. The van der Waals surface area contributed by atoms with E-state index in [4.69, 9.17) is 0 Å². The molecule has 1 aromatic heterocycles. The second-order valence-electron chi connectivity index (χ2n) is 4.45. The molecule has 2 N–H and O–H groups in total. The Hall–Kier alpha value is -1.15. The van der Waals surface area contributed by atoms with Crippen LogP contribution in [0.2, 0.25) is 0 Å². The molecule has 2 heterocycles. The lowest BCUT2D eigenvalue weighted by atomic mass is 10.2. The van der Waals surface area contributed by atoms with Crippen LogP contribution >= 0.6 is 0 Å². The van der Waals surface area contributed by atoms with Crippen LogP contribution in [-0.2, 0) is 15.6 Å².